The van der Waals surface area contributed by atoms with Gasteiger partial charge in [-0.1, -0.05) is 69.0 Å². The molecule has 0 radical (unpaired) electrons. The second-order valence-electron chi connectivity index (χ2n) is 13.8. The van der Waals surface area contributed by atoms with Crippen molar-refractivity contribution in [1.29, 1.82) is 0 Å². The van der Waals surface area contributed by atoms with E-state index in [1.165, 1.54) is 0 Å². The van der Waals surface area contributed by atoms with Crippen molar-refractivity contribution in [1.82, 2.24) is 0 Å². The van der Waals surface area contributed by atoms with E-state index < -0.39 is 70.6 Å². The van der Waals surface area contributed by atoms with E-state index in [2.05, 4.69) is 13.5 Å². The van der Waals surface area contributed by atoms with Crippen LogP contribution < -0.4 is 0 Å². The van der Waals surface area contributed by atoms with Gasteiger partial charge in [-0.25, -0.2) is 4.79 Å². The topological polar surface area (TPSA) is 127 Å². The lowest BCUT2D eigenvalue weighted by atomic mass is 9.54. The lowest BCUT2D eigenvalue weighted by Gasteiger charge is -2.60. The van der Waals surface area contributed by atoms with Crippen molar-refractivity contribution in [2.45, 2.75) is 86.4 Å². The molecule has 9 heteroatoms. The Hall–Kier alpha value is -2.63. The zero-order valence-electron chi connectivity index (χ0n) is 24.5. The van der Waals surface area contributed by atoms with Gasteiger partial charge in [0, 0.05) is 17.4 Å². The minimum atomic E-state index is -2.02. The number of rotatable bonds is 5. The standard InChI is InChI=1S/C34H38O9/c1-18(2)30-16-20(4)33-23-15-19(3)25(35)32(23,38)29(37)31(17-39-28(36)21-11-7-5-8-12-21)27(40-31)24(33)26(30)41-34(42-30,43-33)22-13-9-6-10-14-22/h5-14,19-20,23-27,29,35,37-38H,1,15-17H2,2-4H3/t19?,20?,23-,24+,25?,26?,27-,29?,30?,31?,32?,33?,34?/m1/s1. The molecule has 0 aromatic heterocycles. The van der Waals surface area contributed by atoms with E-state index in [1.54, 1.807) is 30.3 Å². The summed E-state index contributed by atoms with van der Waals surface area (Å²) >= 11 is 0. The quantitative estimate of drug-likeness (QED) is 0.274. The lowest BCUT2D eigenvalue weighted by molar-refractivity contribution is -0.443. The number of esters is 1. The predicted octanol–water partition coefficient (Wildman–Crippen LogP) is 3.07. The molecule has 3 aliphatic carbocycles. The molecule has 0 amide bonds. The highest BCUT2D eigenvalue weighted by atomic mass is 16.9. The smallest absolute Gasteiger partial charge is 0.338 e. The number of benzene rings is 2. The molecule has 3 aliphatic heterocycles. The van der Waals surface area contributed by atoms with Gasteiger partial charge in [-0.15, -0.1) is 0 Å². The van der Waals surface area contributed by atoms with Crippen LogP contribution >= 0.6 is 0 Å². The predicted molar refractivity (Wildman–Crippen MR) is 151 cm³/mol. The van der Waals surface area contributed by atoms with Crippen molar-refractivity contribution >= 4 is 5.97 Å². The van der Waals surface area contributed by atoms with Gasteiger partial charge in [0.2, 0.25) is 0 Å². The number of carbonyl (C=O) groups excluding carboxylic acids is 1. The third-order valence-corrected chi connectivity index (χ3v) is 11.6. The second-order valence-corrected chi connectivity index (χ2v) is 13.8. The van der Waals surface area contributed by atoms with Crippen molar-refractivity contribution in [3.05, 3.63) is 83.9 Å². The first kappa shape index (κ1) is 27.9. The Morgan fingerprint density at radius 3 is 2.35 bits per heavy atom. The van der Waals surface area contributed by atoms with Crippen LogP contribution in [0.5, 0.6) is 0 Å². The number of aliphatic hydroxyl groups excluding tert-OH is 2. The molecular formula is C34H38O9. The van der Waals surface area contributed by atoms with Crippen LogP contribution in [0.4, 0.5) is 0 Å². The summed E-state index contributed by atoms with van der Waals surface area (Å²) in [6.45, 7) is 9.89. The number of aliphatic hydroxyl groups is 3. The molecule has 9 nitrogen and oxygen atoms in total. The van der Waals surface area contributed by atoms with Crippen LogP contribution in [-0.2, 0) is 29.7 Å². The molecule has 228 valence electrons. The van der Waals surface area contributed by atoms with Gasteiger partial charge in [0.15, 0.2) is 5.60 Å². The van der Waals surface area contributed by atoms with E-state index >= 15 is 0 Å². The summed E-state index contributed by atoms with van der Waals surface area (Å²) in [7, 11) is 0. The van der Waals surface area contributed by atoms with E-state index in [0.29, 0.717) is 24.0 Å². The molecule has 2 aromatic rings. The number of hydrogen-bond donors (Lipinski definition) is 3. The van der Waals surface area contributed by atoms with Gasteiger partial charge in [-0.3, -0.25) is 0 Å². The highest BCUT2D eigenvalue weighted by molar-refractivity contribution is 5.89. The monoisotopic (exact) mass is 590 g/mol. The van der Waals surface area contributed by atoms with Gasteiger partial charge in [0.25, 0.3) is 0 Å². The van der Waals surface area contributed by atoms with Gasteiger partial charge >= 0.3 is 11.9 Å². The van der Waals surface area contributed by atoms with Crippen LogP contribution in [0.3, 0.4) is 0 Å². The molecule has 3 saturated heterocycles. The fourth-order valence-corrected chi connectivity index (χ4v) is 9.58. The Kier molecular flexibility index (Phi) is 5.68. The Bertz CT molecular complexity index is 1480. The van der Waals surface area contributed by atoms with E-state index in [4.69, 9.17) is 23.7 Å². The first-order valence-electron chi connectivity index (χ1n) is 15.2. The highest BCUT2D eigenvalue weighted by Gasteiger charge is 2.89. The summed E-state index contributed by atoms with van der Waals surface area (Å²) in [6, 6.07) is 18.0. The van der Waals surface area contributed by atoms with Gasteiger partial charge in [0.05, 0.1) is 17.3 Å². The number of ether oxygens (including phenoxy) is 5. The Labute approximate surface area is 250 Å². The number of fused-ring (bicyclic) bond motifs is 3. The van der Waals surface area contributed by atoms with Crippen molar-refractivity contribution in [3.63, 3.8) is 0 Å². The molecule has 10 unspecified atom stereocenters. The summed E-state index contributed by atoms with van der Waals surface area (Å²) in [6.07, 6.45) is -3.25. The number of epoxide rings is 1. The molecule has 8 rings (SSSR count). The molecule has 6 aliphatic rings. The Balaban J connectivity index is 1.29. The maximum Gasteiger partial charge on any atom is 0.338 e. The van der Waals surface area contributed by atoms with Crippen LogP contribution in [0.15, 0.2) is 72.8 Å². The lowest BCUT2D eigenvalue weighted by Crippen LogP contribution is -2.72. The van der Waals surface area contributed by atoms with Gasteiger partial charge < -0.3 is 39.0 Å². The maximum atomic E-state index is 13.0. The molecule has 43 heavy (non-hydrogen) atoms. The molecule has 6 fully saturated rings. The van der Waals surface area contributed by atoms with Crippen LogP contribution in [0.1, 0.15) is 49.5 Å². The van der Waals surface area contributed by atoms with Gasteiger partial charge in [-0.2, -0.15) is 0 Å². The summed E-state index contributed by atoms with van der Waals surface area (Å²) < 4.78 is 33.2. The first-order valence-corrected chi connectivity index (χ1v) is 15.2. The second kappa shape index (κ2) is 8.75. The zero-order chi connectivity index (χ0) is 30.2. The average molecular weight is 591 g/mol. The molecule has 3 N–H and O–H groups in total. The fourth-order valence-electron chi connectivity index (χ4n) is 9.58. The average Bonchev–Trinajstić information content (AvgIpc) is 3.63. The minimum Gasteiger partial charge on any atom is -0.459 e. The SMILES string of the molecule is C=C(C)C12CC(C)C34OC(c5ccccc5)(OC1[C@H]3[C@H]1OC1(COC(=O)c1ccccc1)C(O)C1(O)C(O)C(C)C[C@H]14)O2. The van der Waals surface area contributed by atoms with Crippen molar-refractivity contribution in [3.8, 4) is 0 Å². The Morgan fingerprint density at radius 2 is 1.67 bits per heavy atom. The summed E-state index contributed by atoms with van der Waals surface area (Å²) in [5.41, 5.74) is -3.76. The zero-order valence-corrected chi connectivity index (χ0v) is 24.5. The summed E-state index contributed by atoms with van der Waals surface area (Å²) in [4.78, 5) is 13.0. The van der Waals surface area contributed by atoms with Gasteiger partial charge in [0.1, 0.15) is 36.1 Å². The van der Waals surface area contributed by atoms with Crippen LogP contribution in [0.25, 0.3) is 0 Å². The molecule has 13 atom stereocenters. The van der Waals surface area contributed by atoms with Crippen LogP contribution in [-0.4, -0.2) is 74.7 Å². The van der Waals surface area contributed by atoms with Crippen molar-refractivity contribution in [2.75, 3.05) is 6.61 Å². The molecule has 3 heterocycles. The van der Waals surface area contributed by atoms with Crippen molar-refractivity contribution in [2.24, 2.45) is 23.7 Å². The van der Waals surface area contributed by atoms with Crippen molar-refractivity contribution < 1.29 is 43.8 Å². The van der Waals surface area contributed by atoms with E-state index in [0.717, 1.165) is 5.57 Å². The third kappa shape index (κ3) is 3.23. The first-order chi connectivity index (χ1) is 20.5. The summed E-state index contributed by atoms with van der Waals surface area (Å²) in [5, 5.41) is 36.4. The molecule has 3 bridgehead atoms. The van der Waals surface area contributed by atoms with E-state index in [-0.39, 0.29) is 18.4 Å². The molecule has 2 aromatic carbocycles. The molecule has 3 saturated carbocycles. The third-order valence-electron chi connectivity index (χ3n) is 11.6. The summed E-state index contributed by atoms with van der Waals surface area (Å²) in [5.74, 6) is -3.96. The van der Waals surface area contributed by atoms with E-state index in [1.807, 2.05) is 44.2 Å². The molecular weight excluding hydrogens is 552 g/mol. The minimum absolute atomic E-state index is 0.215. The maximum absolute atomic E-state index is 13.0. The Morgan fingerprint density at radius 1 is 1.00 bits per heavy atom. The van der Waals surface area contributed by atoms with Crippen LogP contribution in [0, 0.1) is 23.7 Å². The fraction of sp³-hybridized carbons (Fsp3) is 0.559. The van der Waals surface area contributed by atoms with Gasteiger partial charge in [-0.05, 0) is 49.3 Å². The largest absolute Gasteiger partial charge is 0.459 e. The van der Waals surface area contributed by atoms with Crippen LogP contribution in [0.2, 0.25) is 0 Å². The highest BCUT2D eigenvalue weighted by Crippen LogP contribution is 2.74. The number of hydrogen-bond acceptors (Lipinski definition) is 9. The van der Waals surface area contributed by atoms with E-state index in [9.17, 15) is 20.1 Å². The normalized spacial score (nSPS) is 50.3. The molecule has 0 spiro atoms. The number of carbonyl (C=O) groups is 1.